The molecule has 0 saturated carbocycles. The number of aromatic nitrogens is 3. The number of nitrogens with one attached hydrogen (secondary N) is 1. The maximum Gasteiger partial charge on any atom is 0.137 e. The first-order chi connectivity index (χ1) is 11.2. The van der Waals surface area contributed by atoms with Gasteiger partial charge in [0.15, 0.2) is 0 Å². The molecular weight excluding hydrogens is 282 g/mol. The van der Waals surface area contributed by atoms with E-state index in [9.17, 15) is 0 Å². The van der Waals surface area contributed by atoms with Crippen molar-refractivity contribution in [2.45, 2.75) is 20.3 Å². The highest BCUT2D eigenvalue weighted by Gasteiger charge is 2.13. The summed E-state index contributed by atoms with van der Waals surface area (Å²) in [6.07, 6.45) is 11.6. The van der Waals surface area contributed by atoms with E-state index in [1.807, 2.05) is 18.5 Å². The highest BCUT2D eigenvalue weighted by Crippen LogP contribution is 2.32. The summed E-state index contributed by atoms with van der Waals surface area (Å²) in [6, 6.07) is 8.42. The van der Waals surface area contributed by atoms with Gasteiger partial charge in [0.05, 0.1) is 5.69 Å². The Morgan fingerprint density at radius 1 is 1.22 bits per heavy atom. The predicted molar refractivity (Wildman–Crippen MR) is 95.0 cm³/mol. The fraction of sp³-hybridized carbons (Fsp3) is 0.200. The molecule has 0 bridgehead atoms. The molecule has 0 aliphatic heterocycles. The molecular formula is C20H19N3. The zero-order valence-corrected chi connectivity index (χ0v) is 13.4. The van der Waals surface area contributed by atoms with Crippen molar-refractivity contribution in [3.63, 3.8) is 0 Å². The minimum atomic E-state index is 0.554. The van der Waals surface area contributed by atoms with Gasteiger partial charge in [-0.25, -0.2) is 4.98 Å². The molecule has 3 heterocycles. The van der Waals surface area contributed by atoms with Crippen LogP contribution in [0.1, 0.15) is 24.7 Å². The summed E-state index contributed by atoms with van der Waals surface area (Å²) < 4.78 is 0. The standard InChI is InChI=1S/C20H19N3/c1-13-5-3-6-15(9-13)19-18(7-4-8-21-19)17-11-16-10-14(2)23-20(16)22-12-17/h3-4,6-13H,5H2,1-2H3,(H,22,23). The molecule has 0 spiro atoms. The van der Waals surface area contributed by atoms with Crippen molar-refractivity contribution in [3.05, 3.63) is 66.3 Å². The molecule has 114 valence electrons. The topological polar surface area (TPSA) is 41.6 Å². The van der Waals surface area contributed by atoms with Gasteiger partial charge >= 0.3 is 0 Å². The lowest BCUT2D eigenvalue weighted by Gasteiger charge is -2.15. The Bertz CT molecular complexity index is 931. The van der Waals surface area contributed by atoms with Crippen molar-refractivity contribution in [2.24, 2.45) is 5.92 Å². The van der Waals surface area contributed by atoms with Crippen molar-refractivity contribution in [1.82, 2.24) is 15.0 Å². The van der Waals surface area contributed by atoms with Gasteiger partial charge < -0.3 is 4.98 Å². The maximum atomic E-state index is 4.64. The van der Waals surface area contributed by atoms with Crippen LogP contribution in [0.5, 0.6) is 0 Å². The van der Waals surface area contributed by atoms with Crippen molar-refractivity contribution in [2.75, 3.05) is 0 Å². The van der Waals surface area contributed by atoms with E-state index in [0.717, 1.165) is 40.0 Å². The van der Waals surface area contributed by atoms with Crippen LogP contribution in [-0.2, 0) is 0 Å². The first-order valence-electron chi connectivity index (χ1n) is 8.00. The van der Waals surface area contributed by atoms with Crippen LogP contribution in [0.3, 0.4) is 0 Å². The van der Waals surface area contributed by atoms with Gasteiger partial charge in [-0.1, -0.05) is 31.2 Å². The average molecular weight is 301 g/mol. The van der Waals surface area contributed by atoms with E-state index >= 15 is 0 Å². The van der Waals surface area contributed by atoms with Crippen molar-refractivity contribution < 1.29 is 0 Å². The Balaban J connectivity index is 1.86. The van der Waals surface area contributed by atoms with Crippen LogP contribution in [-0.4, -0.2) is 15.0 Å². The van der Waals surface area contributed by atoms with E-state index in [1.165, 1.54) is 5.57 Å². The van der Waals surface area contributed by atoms with Crippen LogP contribution < -0.4 is 0 Å². The second-order valence-corrected chi connectivity index (χ2v) is 6.25. The second-order valence-electron chi connectivity index (χ2n) is 6.25. The molecule has 4 rings (SSSR count). The summed E-state index contributed by atoms with van der Waals surface area (Å²) in [5.74, 6) is 0.554. The highest BCUT2D eigenvalue weighted by atomic mass is 14.8. The number of aromatic amines is 1. The highest BCUT2D eigenvalue weighted by molar-refractivity contribution is 5.87. The van der Waals surface area contributed by atoms with E-state index < -0.39 is 0 Å². The molecule has 3 aromatic rings. The molecule has 1 aliphatic rings. The fourth-order valence-corrected chi connectivity index (χ4v) is 3.17. The summed E-state index contributed by atoms with van der Waals surface area (Å²) in [4.78, 5) is 12.5. The number of hydrogen-bond acceptors (Lipinski definition) is 2. The van der Waals surface area contributed by atoms with Gasteiger partial charge in [-0.15, -0.1) is 0 Å². The molecule has 3 heteroatoms. The molecule has 0 aromatic carbocycles. The molecule has 3 nitrogen and oxygen atoms in total. The van der Waals surface area contributed by atoms with Gasteiger partial charge in [-0.05, 0) is 43.0 Å². The normalized spacial score (nSPS) is 17.5. The van der Waals surface area contributed by atoms with Crippen LogP contribution in [0, 0.1) is 12.8 Å². The molecule has 23 heavy (non-hydrogen) atoms. The third kappa shape index (κ3) is 2.59. The molecule has 0 amide bonds. The zero-order chi connectivity index (χ0) is 15.8. The Morgan fingerprint density at radius 2 is 2.13 bits per heavy atom. The van der Waals surface area contributed by atoms with E-state index in [4.69, 9.17) is 0 Å². The zero-order valence-electron chi connectivity index (χ0n) is 13.4. The smallest absolute Gasteiger partial charge is 0.137 e. The molecule has 3 aromatic heterocycles. The van der Waals surface area contributed by atoms with Gasteiger partial charge in [0.1, 0.15) is 5.65 Å². The largest absolute Gasteiger partial charge is 0.344 e. The summed E-state index contributed by atoms with van der Waals surface area (Å²) in [5, 5.41) is 1.14. The molecule has 1 atom stereocenters. The number of fused-ring (bicyclic) bond motifs is 1. The van der Waals surface area contributed by atoms with Gasteiger partial charge in [-0.3, -0.25) is 4.98 Å². The Kier molecular flexibility index (Phi) is 3.34. The number of pyridine rings is 2. The number of hydrogen-bond donors (Lipinski definition) is 1. The minimum absolute atomic E-state index is 0.554. The number of H-pyrrole nitrogens is 1. The first-order valence-corrected chi connectivity index (χ1v) is 8.00. The minimum Gasteiger partial charge on any atom is -0.344 e. The maximum absolute atomic E-state index is 4.64. The Hall–Kier alpha value is -2.68. The van der Waals surface area contributed by atoms with Crippen LogP contribution in [0.15, 0.2) is 54.9 Å². The van der Waals surface area contributed by atoms with Gasteiger partial charge in [0.25, 0.3) is 0 Å². The lowest BCUT2D eigenvalue weighted by molar-refractivity contribution is 0.739. The summed E-state index contributed by atoms with van der Waals surface area (Å²) in [7, 11) is 0. The Labute approximate surface area is 135 Å². The number of aryl methyl sites for hydroxylation is 1. The van der Waals surface area contributed by atoms with E-state index in [1.54, 1.807) is 0 Å². The second kappa shape index (κ2) is 5.51. The average Bonchev–Trinajstić information content (AvgIpc) is 2.94. The van der Waals surface area contributed by atoms with Crippen LogP contribution in [0.2, 0.25) is 0 Å². The van der Waals surface area contributed by atoms with E-state index in [2.05, 4.69) is 65.2 Å². The molecule has 1 unspecified atom stereocenters. The van der Waals surface area contributed by atoms with Gasteiger partial charge in [-0.2, -0.15) is 0 Å². The molecule has 0 fully saturated rings. The van der Waals surface area contributed by atoms with Gasteiger partial charge in [0, 0.05) is 34.6 Å². The molecule has 0 saturated heterocycles. The lowest BCUT2D eigenvalue weighted by Crippen LogP contribution is -1.99. The third-order valence-electron chi connectivity index (χ3n) is 4.27. The monoisotopic (exact) mass is 301 g/mol. The van der Waals surface area contributed by atoms with E-state index in [0.29, 0.717) is 5.92 Å². The van der Waals surface area contributed by atoms with Gasteiger partial charge in [0.2, 0.25) is 0 Å². The summed E-state index contributed by atoms with van der Waals surface area (Å²) >= 11 is 0. The lowest BCUT2D eigenvalue weighted by atomic mass is 9.92. The van der Waals surface area contributed by atoms with Crippen molar-refractivity contribution in [3.8, 4) is 11.1 Å². The number of rotatable bonds is 2. The molecule has 1 N–H and O–H groups in total. The SMILES string of the molecule is Cc1cc2cc(-c3cccnc3C3=CC(C)CC=C3)cnc2[nH]1. The summed E-state index contributed by atoms with van der Waals surface area (Å²) in [5.41, 5.74) is 6.52. The summed E-state index contributed by atoms with van der Waals surface area (Å²) in [6.45, 7) is 4.29. The molecule has 1 aliphatic carbocycles. The number of allylic oxidation sites excluding steroid dienone is 4. The molecule has 0 radical (unpaired) electrons. The third-order valence-corrected chi connectivity index (χ3v) is 4.27. The van der Waals surface area contributed by atoms with Crippen molar-refractivity contribution in [1.29, 1.82) is 0 Å². The first kappa shape index (κ1) is 13.9. The quantitative estimate of drug-likeness (QED) is 0.730. The number of nitrogens with zero attached hydrogens (tertiary/aromatic N) is 2. The fourth-order valence-electron chi connectivity index (χ4n) is 3.17. The van der Waals surface area contributed by atoms with Crippen molar-refractivity contribution >= 4 is 16.6 Å². The Morgan fingerprint density at radius 3 is 3.00 bits per heavy atom. The van der Waals surface area contributed by atoms with Crippen LogP contribution in [0.25, 0.3) is 27.7 Å². The van der Waals surface area contributed by atoms with E-state index in [-0.39, 0.29) is 0 Å². The van der Waals surface area contributed by atoms with Crippen LogP contribution >= 0.6 is 0 Å². The van der Waals surface area contributed by atoms with Crippen LogP contribution in [0.4, 0.5) is 0 Å². The predicted octanol–water partition coefficient (Wildman–Crippen LogP) is 4.91.